The minimum atomic E-state index is -0.561. The molecule has 0 bridgehead atoms. The van der Waals surface area contributed by atoms with Crippen LogP contribution in [0.5, 0.6) is 5.75 Å². The molecule has 1 saturated heterocycles. The molecule has 0 aromatic heterocycles. The SMILES string of the molecule is COc1ccc([C@H]2[C@H]3CCCC[C@@]3(O)CCN2CC#N)cc1. The van der Waals surface area contributed by atoms with Crippen LogP contribution in [0.25, 0.3) is 0 Å². The van der Waals surface area contributed by atoms with E-state index in [1.807, 2.05) is 12.1 Å². The van der Waals surface area contributed by atoms with E-state index in [2.05, 4.69) is 23.1 Å². The van der Waals surface area contributed by atoms with E-state index < -0.39 is 5.60 Å². The Kier molecular flexibility index (Phi) is 4.37. The van der Waals surface area contributed by atoms with Gasteiger partial charge < -0.3 is 9.84 Å². The van der Waals surface area contributed by atoms with E-state index in [1.165, 1.54) is 12.0 Å². The molecule has 0 amide bonds. The van der Waals surface area contributed by atoms with Gasteiger partial charge in [-0.1, -0.05) is 25.0 Å². The fourth-order valence-electron chi connectivity index (χ4n) is 4.25. The fraction of sp³-hybridized carbons (Fsp3) is 0.611. The molecule has 2 aliphatic rings. The van der Waals surface area contributed by atoms with E-state index >= 15 is 0 Å². The van der Waals surface area contributed by atoms with Crippen LogP contribution in [-0.2, 0) is 0 Å². The summed E-state index contributed by atoms with van der Waals surface area (Å²) in [5, 5.41) is 20.2. The summed E-state index contributed by atoms with van der Waals surface area (Å²) in [6.07, 6.45) is 4.99. The van der Waals surface area contributed by atoms with E-state index in [0.29, 0.717) is 6.54 Å². The highest BCUT2D eigenvalue weighted by Gasteiger charge is 2.48. The summed E-state index contributed by atoms with van der Waals surface area (Å²) in [4.78, 5) is 2.23. The maximum atomic E-state index is 11.1. The molecule has 1 saturated carbocycles. The lowest BCUT2D eigenvalue weighted by Gasteiger charge is -2.52. The molecule has 1 heterocycles. The van der Waals surface area contributed by atoms with E-state index in [1.54, 1.807) is 7.11 Å². The molecule has 1 aromatic carbocycles. The molecule has 1 aromatic rings. The van der Waals surface area contributed by atoms with Crippen LogP contribution in [0.2, 0.25) is 0 Å². The molecular weight excluding hydrogens is 276 g/mol. The summed E-state index contributed by atoms with van der Waals surface area (Å²) in [6.45, 7) is 1.21. The van der Waals surface area contributed by atoms with Crippen molar-refractivity contribution in [2.45, 2.75) is 43.7 Å². The number of likely N-dealkylation sites (tertiary alicyclic amines) is 1. The highest BCUT2D eigenvalue weighted by atomic mass is 16.5. The number of aliphatic hydroxyl groups is 1. The lowest BCUT2D eigenvalue weighted by atomic mass is 9.66. The number of hydrogen-bond donors (Lipinski definition) is 1. The molecule has 4 nitrogen and oxygen atoms in total. The minimum absolute atomic E-state index is 0.129. The summed E-state index contributed by atoms with van der Waals surface area (Å²) >= 11 is 0. The first-order valence-corrected chi connectivity index (χ1v) is 8.15. The minimum Gasteiger partial charge on any atom is -0.497 e. The Bertz CT molecular complexity index is 551. The Morgan fingerprint density at radius 2 is 2.09 bits per heavy atom. The fourth-order valence-corrected chi connectivity index (χ4v) is 4.25. The van der Waals surface area contributed by atoms with Crippen LogP contribution in [0.4, 0.5) is 0 Å². The summed E-state index contributed by atoms with van der Waals surface area (Å²) in [6, 6.07) is 10.5. The number of ether oxygens (including phenoxy) is 1. The maximum Gasteiger partial charge on any atom is 0.118 e. The number of hydrogen-bond acceptors (Lipinski definition) is 4. The number of rotatable bonds is 3. The van der Waals surface area contributed by atoms with Gasteiger partial charge in [0.2, 0.25) is 0 Å². The lowest BCUT2D eigenvalue weighted by molar-refractivity contribution is -0.121. The van der Waals surface area contributed by atoms with Gasteiger partial charge >= 0.3 is 0 Å². The molecule has 0 spiro atoms. The first kappa shape index (κ1) is 15.3. The van der Waals surface area contributed by atoms with Gasteiger partial charge in [-0.25, -0.2) is 0 Å². The average molecular weight is 300 g/mol. The van der Waals surface area contributed by atoms with Crippen LogP contribution in [-0.4, -0.2) is 35.8 Å². The average Bonchev–Trinajstić information content (AvgIpc) is 2.55. The number of fused-ring (bicyclic) bond motifs is 1. The summed E-state index contributed by atoms with van der Waals surface area (Å²) in [7, 11) is 1.66. The predicted octanol–water partition coefficient (Wildman–Crippen LogP) is 2.89. The predicted molar refractivity (Wildman–Crippen MR) is 84.4 cm³/mol. The third-order valence-corrected chi connectivity index (χ3v) is 5.40. The van der Waals surface area contributed by atoms with Crippen molar-refractivity contribution in [2.24, 2.45) is 5.92 Å². The smallest absolute Gasteiger partial charge is 0.118 e. The van der Waals surface area contributed by atoms with Crippen molar-refractivity contribution in [2.75, 3.05) is 20.2 Å². The van der Waals surface area contributed by atoms with Crippen molar-refractivity contribution in [3.05, 3.63) is 29.8 Å². The molecule has 0 unspecified atom stereocenters. The van der Waals surface area contributed by atoms with Gasteiger partial charge in [-0.3, -0.25) is 4.90 Å². The summed E-state index contributed by atoms with van der Waals surface area (Å²) in [5.74, 6) is 1.06. The third kappa shape index (κ3) is 2.71. The lowest BCUT2D eigenvalue weighted by Crippen LogP contribution is -2.54. The summed E-state index contributed by atoms with van der Waals surface area (Å²) in [5.41, 5.74) is 0.621. The molecule has 22 heavy (non-hydrogen) atoms. The van der Waals surface area contributed by atoms with Gasteiger partial charge in [0, 0.05) is 18.5 Å². The number of nitriles is 1. The maximum absolute atomic E-state index is 11.1. The Balaban J connectivity index is 1.94. The van der Waals surface area contributed by atoms with Crippen LogP contribution in [0.15, 0.2) is 24.3 Å². The quantitative estimate of drug-likeness (QED) is 0.872. The molecule has 2 fully saturated rings. The number of piperidine rings is 1. The standard InChI is InChI=1S/C18H24N2O2/c1-22-15-7-5-14(6-8-15)17-16-4-2-3-9-18(16,21)10-12-20(17)13-11-19/h5-8,16-17,21H,2-4,9-10,12-13H2,1H3/t16-,17+,18-/m1/s1. The highest BCUT2D eigenvalue weighted by Crippen LogP contribution is 2.49. The molecule has 3 rings (SSSR count). The van der Waals surface area contributed by atoms with Gasteiger partial charge in [0.15, 0.2) is 0 Å². The largest absolute Gasteiger partial charge is 0.497 e. The normalized spacial score (nSPS) is 32.0. The highest BCUT2D eigenvalue weighted by molar-refractivity contribution is 5.31. The molecule has 0 radical (unpaired) electrons. The zero-order chi connectivity index (χ0) is 15.6. The Morgan fingerprint density at radius 3 is 2.77 bits per heavy atom. The first-order valence-electron chi connectivity index (χ1n) is 8.15. The zero-order valence-corrected chi connectivity index (χ0v) is 13.2. The van der Waals surface area contributed by atoms with Crippen LogP contribution < -0.4 is 4.74 Å². The molecule has 1 aliphatic carbocycles. The van der Waals surface area contributed by atoms with Crippen molar-refractivity contribution < 1.29 is 9.84 Å². The van der Waals surface area contributed by atoms with Crippen LogP contribution in [0.3, 0.4) is 0 Å². The van der Waals surface area contributed by atoms with Crippen molar-refractivity contribution >= 4 is 0 Å². The van der Waals surface area contributed by atoms with Gasteiger partial charge in [-0.05, 0) is 37.0 Å². The third-order valence-electron chi connectivity index (χ3n) is 5.40. The molecule has 4 heteroatoms. The van der Waals surface area contributed by atoms with Crippen molar-refractivity contribution in [3.8, 4) is 11.8 Å². The van der Waals surface area contributed by atoms with E-state index in [-0.39, 0.29) is 12.0 Å². The molecule has 3 atom stereocenters. The topological polar surface area (TPSA) is 56.5 Å². The van der Waals surface area contributed by atoms with Gasteiger partial charge in [0.05, 0.1) is 25.3 Å². The first-order chi connectivity index (χ1) is 10.7. The second-order valence-corrected chi connectivity index (χ2v) is 6.55. The van der Waals surface area contributed by atoms with E-state index in [0.717, 1.165) is 38.0 Å². The van der Waals surface area contributed by atoms with Crippen molar-refractivity contribution in [3.63, 3.8) is 0 Å². The molecule has 118 valence electrons. The zero-order valence-electron chi connectivity index (χ0n) is 13.2. The summed E-state index contributed by atoms with van der Waals surface area (Å²) < 4.78 is 5.24. The number of benzene rings is 1. The Morgan fingerprint density at radius 1 is 1.32 bits per heavy atom. The van der Waals surface area contributed by atoms with Crippen LogP contribution in [0, 0.1) is 17.2 Å². The van der Waals surface area contributed by atoms with Crippen LogP contribution in [0.1, 0.15) is 43.7 Å². The Hall–Kier alpha value is -1.57. The monoisotopic (exact) mass is 300 g/mol. The van der Waals surface area contributed by atoms with Crippen LogP contribution >= 0.6 is 0 Å². The van der Waals surface area contributed by atoms with Crippen molar-refractivity contribution in [1.82, 2.24) is 4.90 Å². The molecule has 1 N–H and O–H groups in total. The Labute approximate surface area is 132 Å². The molecule has 1 aliphatic heterocycles. The number of methoxy groups -OCH3 is 1. The van der Waals surface area contributed by atoms with Gasteiger partial charge in [0.25, 0.3) is 0 Å². The van der Waals surface area contributed by atoms with Gasteiger partial charge in [0.1, 0.15) is 5.75 Å². The van der Waals surface area contributed by atoms with Gasteiger partial charge in [-0.15, -0.1) is 0 Å². The van der Waals surface area contributed by atoms with E-state index in [4.69, 9.17) is 10.00 Å². The van der Waals surface area contributed by atoms with Crippen molar-refractivity contribution in [1.29, 1.82) is 5.26 Å². The second kappa shape index (κ2) is 6.28. The molecular formula is C18H24N2O2. The second-order valence-electron chi connectivity index (χ2n) is 6.55. The van der Waals surface area contributed by atoms with E-state index in [9.17, 15) is 5.11 Å². The number of nitrogens with zero attached hydrogens (tertiary/aromatic N) is 2. The van der Waals surface area contributed by atoms with Gasteiger partial charge in [-0.2, -0.15) is 5.26 Å².